The van der Waals surface area contributed by atoms with E-state index in [1.165, 1.54) is 7.11 Å². The van der Waals surface area contributed by atoms with Gasteiger partial charge < -0.3 is 24.1 Å². The fraction of sp³-hybridized carbons (Fsp3) is 0.296. The summed E-state index contributed by atoms with van der Waals surface area (Å²) >= 11 is 0. The van der Waals surface area contributed by atoms with E-state index in [1.54, 1.807) is 0 Å². The first-order chi connectivity index (χ1) is 17.1. The van der Waals surface area contributed by atoms with Gasteiger partial charge in [0.25, 0.3) is 0 Å². The maximum atomic E-state index is 11.5. The van der Waals surface area contributed by atoms with Gasteiger partial charge in [-0.05, 0) is 60.5 Å². The van der Waals surface area contributed by atoms with Gasteiger partial charge >= 0.3 is 5.97 Å². The van der Waals surface area contributed by atoms with Crippen LogP contribution in [-0.4, -0.2) is 38.7 Å². The molecule has 1 aliphatic carbocycles. The molecule has 2 N–H and O–H groups in total. The van der Waals surface area contributed by atoms with Crippen molar-refractivity contribution in [2.75, 3.05) is 20.3 Å². The summed E-state index contributed by atoms with van der Waals surface area (Å²) in [6.45, 7) is 4.64. The fourth-order valence-electron chi connectivity index (χ4n) is 3.63. The SMILES string of the molecule is C=NCC(CC(=O)ON)c1ccc(OCc2ccc(OC/C(=N/OC)C3=CCCC=C3)cc2)cc1. The highest BCUT2D eigenvalue weighted by Gasteiger charge is 2.16. The van der Waals surface area contributed by atoms with Crippen LogP contribution in [0.25, 0.3) is 0 Å². The molecule has 0 amide bonds. The van der Waals surface area contributed by atoms with Gasteiger partial charge in [0.2, 0.25) is 0 Å². The summed E-state index contributed by atoms with van der Waals surface area (Å²) < 4.78 is 11.8. The van der Waals surface area contributed by atoms with Crippen molar-refractivity contribution >= 4 is 18.4 Å². The van der Waals surface area contributed by atoms with Crippen LogP contribution in [0.1, 0.15) is 36.3 Å². The zero-order valence-electron chi connectivity index (χ0n) is 19.9. The molecule has 35 heavy (non-hydrogen) atoms. The predicted molar refractivity (Wildman–Crippen MR) is 136 cm³/mol. The largest absolute Gasteiger partial charge is 0.489 e. The van der Waals surface area contributed by atoms with Crippen LogP contribution in [0.5, 0.6) is 11.5 Å². The van der Waals surface area contributed by atoms with Crippen LogP contribution in [0.3, 0.4) is 0 Å². The molecule has 2 aromatic rings. The van der Waals surface area contributed by atoms with Crippen molar-refractivity contribution in [3.63, 3.8) is 0 Å². The standard InChI is InChI=1S/C27H31N3O5/c1-29-17-23(16-27(31)35-28)21-10-14-25(15-11-21)33-18-20-8-12-24(13-9-20)34-19-26(30-32-2)22-6-4-3-5-7-22/h4,6-15,23H,1,3,5,16-19,28H2,2H3/b30-26-. The predicted octanol–water partition coefficient (Wildman–Crippen LogP) is 4.51. The van der Waals surface area contributed by atoms with E-state index in [2.05, 4.69) is 33.9 Å². The summed E-state index contributed by atoms with van der Waals surface area (Å²) in [4.78, 5) is 24.7. The molecule has 3 rings (SSSR count). The van der Waals surface area contributed by atoms with E-state index in [1.807, 2.05) is 54.6 Å². The number of aliphatic imine (C=N–C) groups is 1. The van der Waals surface area contributed by atoms with E-state index < -0.39 is 5.97 Å². The Hall–Kier alpha value is -3.91. The third-order valence-corrected chi connectivity index (χ3v) is 5.48. The number of rotatable bonds is 13. The molecule has 1 aliphatic rings. The molecule has 0 aromatic heterocycles. The van der Waals surface area contributed by atoms with Crippen molar-refractivity contribution in [2.45, 2.75) is 31.8 Å². The number of nitrogens with zero attached hydrogens (tertiary/aromatic N) is 2. The van der Waals surface area contributed by atoms with Gasteiger partial charge in [0.15, 0.2) is 0 Å². The van der Waals surface area contributed by atoms with Gasteiger partial charge in [-0.3, -0.25) is 4.79 Å². The number of carbonyl (C=O) groups is 1. The molecule has 184 valence electrons. The van der Waals surface area contributed by atoms with E-state index in [0.29, 0.717) is 19.8 Å². The first-order valence-corrected chi connectivity index (χ1v) is 11.4. The highest BCUT2D eigenvalue weighted by molar-refractivity contribution is 6.03. The Labute approximate surface area is 205 Å². The molecular formula is C27H31N3O5. The summed E-state index contributed by atoms with van der Waals surface area (Å²) in [5, 5.41) is 4.10. The third kappa shape index (κ3) is 8.12. The molecule has 0 fully saturated rings. The number of nitrogens with two attached hydrogens (primary N) is 1. The molecule has 0 radical (unpaired) electrons. The Kier molecular flexibility index (Phi) is 10.1. The Morgan fingerprint density at radius 1 is 1.06 bits per heavy atom. The number of allylic oxidation sites excluding steroid dienone is 3. The smallest absolute Gasteiger partial charge is 0.325 e. The first-order valence-electron chi connectivity index (χ1n) is 11.4. The summed E-state index contributed by atoms with van der Waals surface area (Å²) in [7, 11) is 1.53. The number of oxime groups is 1. The molecule has 0 saturated carbocycles. The topological polar surface area (TPSA) is 105 Å². The molecule has 8 nitrogen and oxygen atoms in total. The van der Waals surface area contributed by atoms with Crippen molar-refractivity contribution in [2.24, 2.45) is 16.0 Å². The zero-order chi connectivity index (χ0) is 24.9. The van der Waals surface area contributed by atoms with Crippen molar-refractivity contribution in [1.29, 1.82) is 0 Å². The zero-order valence-corrected chi connectivity index (χ0v) is 19.9. The van der Waals surface area contributed by atoms with Crippen molar-refractivity contribution in [1.82, 2.24) is 0 Å². The normalized spacial score (nSPS) is 14.0. The Balaban J connectivity index is 1.52. The molecule has 0 aliphatic heterocycles. The fourth-order valence-corrected chi connectivity index (χ4v) is 3.63. The van der Waals surface area contributed by atoms with Crippen molar-refractivity contribution in [3.8, 4) is 11.5 Å². The van der Waals surface area contributed by atoms with Gasteiger partial charge in [0.05, 0.1) is 6.42 Å². The van der Waals surface area contributed by atoms with Gasteiger partial charge in [-0.15, -0.1) is 0 Å². The Morgan fingerprint density at radius 2 is 1.77 bits per heavy atom. The van der Waals surface area contributed by atoms with E-state index in [0.717, 1.165) is 46.8 Å². The summed E-state index contributed by atoms with van der Waals surface area (Å²) in [6.07, 6.45) is 8.47. The highest BCUT2D eigenvalue weighted by atomic mass is 16.7. The Bertz CT molecular complexity index is 1060. The molecule has 2 aromatic carbocycles. The average molecular weight is 478 g/mol. The Morgan fingerprint density at radius 3 is 2.40 bits per heavy atom. The third-order valence-electron chi connectivity index (χ3n) is 5.48. The average Bonchev–Trinajstić information content (AvgIpc) is 2.91. The van der Waals surface area contributed by atoms with Crippen LogP contribution in [0.4, 0.5) is 0 Å². The van der Waals surface area contributed by atoms with Crippen molar-refractivity contribution in [3.05, 3.63) is 83.5 Å². The molecule has 1 unspecified atom stereocenters. The lowest BCUT2D eigenvalue weighted by Crippen LogP contribution is -2.15. The van der Waals surface area contributed by atoms with Crippen molar-refractivity contribution < 1.29 is 23.9 Å². The maximum absolute atomic E-state index is 11.5. The number of hydrogen-bond acceptors (Lipinski definition) is 8. The minimum Gasteiger partial charge on any atom is -0.489 e. The monoisotopic (exact) mass is 477 g/mol. The highest BCUT2D eigenvalue weighted by Crippen LogP contribution is 2.24. The second-order valence-electron chi connectivity index (χ2n) is 7.95. The lowest BCUT2D eigenvalue weighted by atomic mass is 9.96. The minimum atomic E-state index is -0.489. The number of hydrogen-bond donors (Lipinski definition) is 1. The van der Waals surface area contributed by atoms with Crippen LogP contribution >= 0.6 is 0 Å². The first kappa shape index (κ1) is 25.7. The number of ether oxygens (including phenoxy) is 2. The second-order valence-corrected chi connectivity index (χ2v) is 7.95. The minimum absolute atomic E-state index is 0.136. The maximum Gasteiger partial charge on any atom is 0.325 e. The van der Waals surface area contributed by atoms with Gasteiger partial charge in [-0.2, -0.15) is 5.90 Å². The molecule has 8 heteroatoms. The lowest BCUT2D eigenvalue weighted by molar-refractivity contribution is -0.144. The van der Waals surface area contributed by atoms with Crippen LogP contribution in [0.2, 0.25) is 0 Å². The molecule has 0 spiro atoms. The second kappa shape index (κ2) is 13.7. The molecule has 1 atom stereocenters. The van der Waals surface area contributed by atoms with E-state index in [4.69, 9.17) is 20.2 Å². The summed E-state index contributed by atoms with van der Waals surface area (Å²) in [5.74, 6) is 5.77. The van der Waals surface area contributed by atoms with Crippen LogP contribution in [0, 0.1) is 0 Å². The molecular weight excluding hydrogens is 446 g/mol. The number of carbonyl (C=O) groups excluding carboxylic acids is 1. The van der Waals surface area contributed by atoms with E-state index in [9.17, 15) is 4.79 Å². The molecule has 0 bridgehead atoms. The van der Waals surface area contributed by atoms with E-state index >= 15 is 0 Å². The lowest BCUT2D eigenvalue weighted by Gasteiger charge is -2.14. The summed E-state index contributed by atoms with van der Waals surface area (Å²) in [5.41, 5.74) is 3.72. The van der Waals surface area contributed by atoms with E-state index in [-0.39, 0.29) is 12.3 Å². The van der Waals surface area contributed by atoms with Crippen LogP contribution in [-0.2, 0) is 21.1 Å². The molecule has 0 saturated heterocycles. The van der Waals surface area contributed by atoms with Crippen LogP contribution in [0.15, 0.2) is 82.5 Å². The quantitative estimate of drug-likeness (QED) is 0.336. The van der Waals surface area contributed by atoms with Gasteiger partial charge in [0, 0.05) is 12.5 Å². The van der Waals surface area contributed by atoms with Crippen LogP contribution < -0.4 is 15.4 Å². The summed E-state index contributed by atoms with van der Waals surface area (Å²) in [6, 6.07) is 15.3. The van der Waals surface area contributed by atoms with Gasteiger partial charge in [0.1, 0.15) is 37.5 Å². The van der Waals surface area contributed by atoms with Gasteiger partial charge in [-0.25, -0.2) is 0 Å². The van der Waals surface area contributed by atoms with Gasteiger partial charge in [-0.1, -0.05) is 47.6 Å². The molecule has 0 heterocycles. The number of benzene rings is 2.